The highest BCUT2D eigenvalue weighted by molar-refractivity contribution is 5.93. The number of carbonyl (C=O) groups excluding carboxylic acids is 1. The Morgan fingerprint density at radius 3 is 2.33 bits per heavy atom. The first-order chi connectivity index (χ1) is 8.42. The maximum absolute atomic E-state index is 11.7. The molecule has 0 unspecified atom stereocenters. The van der Waals surface area contributed by atoms with E-state index in [9.17, 15) is 14.7 Å². The summed E-state index contributed by atoms with van der Waals surface area (Å²) < 4.78 is 4.73. The van der Waals surface area contributed by atoms with Crippen molar-refractivity contribution in [2.45, 2.75) is 32.1 Å². The number of aliphatic carboxylic acids is 1. The van der Waals surface area contributed by atoms with Crippen molar-refractivity contribution in [1.82, 2.24) is 0 Å². The minimum absolute atomic E-state index is 0.418. The van der Waals surface area contributed by atoms with Crippen LogP contribution in [0.4, 0.5) is 0 Å². The number of methoxy groups -OCH3 is 1. The van der Waals surface area contributed by atoms with E-state index in [4.69, 9.17) is 4.74 Å². The molecule has 0 spiro atoms. The van der Waals surface area contributed by atoms with E-state index in [2.05, 4.69) is 0 Å². The number of carboxylic acids is 1. The van der Waals surface area contributed by atoms with Crippen LogP contribution >= 0.6 is 0 Å². The van der Waals surface area contributed by atoms with Crippen LogP contribution in [0.1, 0.15) is 39.9 Å². The zero-order valence-electron chi connectivity index (χ0n) is 10.7. The molecule has 0 bridgehead atoms. The lowest BCUT2D eigenvalue weighted by atomic mass is 9.90. The summed E-state index contributed by atoms with van der Waals surface area (Å²) in [5.74, 6) is -1.24. The topological polar surface area (TPSA) is 63.6 Å². The molecule has 18 heavy (non-hydrogen) atoms. The molecule has 2 rings (SSSR count). The Kier molecular flexibility index (Phi) is 2.89. The SMILES string of the molecule is COC(=O)c1cc(C2(C(=O)O)CC2)cc(C)c1C. The fraction of sp³-hybridized carbons (Fsp3) is 0.429. The predicted molar refractivity (Wildman–Crippen MR) is 65.8 cm³/mol. The molecule has 1 aliphatic rings. The lowest BCUT2D eigenvalue weighted by Crippen LogP contribution is -2.20. The van der Waals surface area contributed by atoms with Gasteiger partial charge in [-0.1, -0.05) is 6.07 Å². The second-order valence-electron chi connectivity index (χ2n) is 4.84. The maximum Gasteiger partial charge on any atom is 0.338 e. The van der Waals surface area contributed by atoms with Gasteiger partial charge < -0.3 is 9.84 Å². The van der Waals surface area contributed by atoms with Crippen molar-refractivity contribution in [1.29, 1.82) is 0 Å². The van der Waals surface area contributed by atoms with Gasteiger partial charge in [-0.2, -0.15) is 0 Å². The van der Waals surface area contributed by atoms with Gasteiger partial charge in [0.15, 0.2) is 0 Å². The van der Waals surface area contributed by atoms with Gasteiger partial charge in [0.25, 0.3) is 0 Å². The third kappa shape index (κ3) is 1.78. The zero-order valence-corrected chi connectivity index (χ0v) is 10.7. The molecule has 1 aliphatic carbocycles. The van der Waals surface area contributed by atoms with E-state index in [1.54, 1.807) is 6.07 Å². The number of carbonyl (C=O) groups is 2. The molecule has 4 nitrogen and oxygen atoms in total. The van der Waals surface area contributed by atoms with E-state index in [1.807, 2.05) is 19.9 Å². The second-order valence-corrected chi connectivity index (χ2v) is 4.84. The second kappa shape index (κ2) is 4.12. The molecule has 1 fully saturated rings. The monoisotopic (exact) mass is 248 g/mol. The van der Waals surface area contributed by atoms with Gasteiger partial charge in [0.2, 0.25) is 0 Å². The summed E-state index contributed by atoms with van der Waals surface area (Å²) in [4.78, 5) is 23.0. The number of esters is 1. The van der Waals surface area contributed by atoms with Crippen LogP contribution in [0.3, 0.4) is 0 Å². The van der Waals surface area contributed by atoms with Gasteiger partial charge in [-0.25, -0.2) is 4.79 Å². The Morgan fingerprint density at radius 1 is 1.28 bits per heavy atom. The van der Waals surface area contributed by atoms with Gasteiger partial charge >= 0.3 is 11.9 Å². The largest absolute Gasteiger partial charge is 0.481 e. The lowest BCUT2D eigenvalue weighted by Gasteiger charge is -2.15. The molecule has 96 valence electrons. The molecule has 0 saturated heterocycles. The molecular weight excluding hydrogens is 232 g/mol. The number of rotatable bonds is 3. The molecule has 4 heteroatoms. The van der Waals surface area contributed by atoms with Crippen LogP contribution in [-0.4, -0.2) is 24.2 Å². The molecule has 1 aromatic rings. The van der Waals surface area contributed by atoms with Crippen molar-refractivity contribution in [3.05, 3.63) is 34.4 Å². The van der Waals surface area contributed by atoms with Crippen LogP contribution in [0.2, 0.25) is 0 Å². The van der Waals surface area contributed by atoms with Gasteiger partial charge in [0.1, 0.15) is 0 Å². The Bertz CT molecular complexity index is 527. The Morgan fingerprint density at radius 2 is 1.89 bits per heavy atom. The Hall–Kier alpha value is -1.84. The third-order valence-electron chi connectivity index (χ3n) is 3.78. The average Bonchev–Trinajstić information content (AvgIpc) is 3.12. The summed E-state index contributed by atoms with van der Waals surface area (Å²) in [6, 6.07) is 3.53. The van der Waals surface area contributed by atoms with E-state index in [0.717, 1.165) is 11.1 Å². The number of ether oxygens (including phenoxy) is 1. The molecule has 0 atom stereocenters. The zero-order chi connectivity index (χ0) is 13.5. The predicted octanol–water partition coefficient (Wildman–Crippen LogP) is 2.21. The molecule has 0 aliphatic heterocycles. The minimum Gasteiger partial charge on any atom is -0.481 e. The van der Waals surface area contributed by atoms with E-state index >= 15 is 0 Å². The lowest BCUT2D eigenvalue weighted by molar-refractivity contribution is -0.140. The summed E-state index contributed by atoms with van der Waals surface area (Å²) in [6.07, 6.45) is 1.26. The highest BCUT2D eigenvalue weighted by Gasteiger charge is 2.52. The first-order valence-corrected chi connectivity index (χ1v) is 5.86. The van der Waals surface area contributed by atoms with E-state index in [1.165, 1.54) is 7.11 Å². The third-order valence-corrected chi connectivity index (χ3v) is 3.78. The molecule has 1 aromatic carbocycles. The molecule has 0 amide bonds. The number of benzene rings is 1. The van der Waals surface area contributed by atoms with Crippen LogP contribution in [0.15, 0.2) is 12.1 Å². The number of hydrogen-bond acceptors (Lipinski definition) is 3. The van der Waals surface area contributed by atoms with Crippen molar-refractivity contribution in [3.8, 4) is 0 Å². The van der Waals surface area contributed by atoms with E-state index in [-0.39, 0.29) is 0 Å². The highest BCUT2D eigenvalue weighted by atomic mass is 16.5. The fourth-order valence-electron chi connectivity index (χ4n) is 2.21. The molecule has 0 radical (unpaired) electrons. The smallest absolute Gasteiger partial charge is 0.338 e. The summed E-state index contributed by atoms with van der Waals surface area (Å²) in [7, 11) is 1.33. The fourth-order valence-corrected chi connectivity index (χ4v) is 2.21. The summed E-state index contributed by atoms with van der Waals surface area (Å²) in [5.41, 5.74) is 2.13. The first-order valence-electron chi connectivity index (χ1n) is 5.86. The Labute approximate surface area is 106 Å². The number of aryl methyl sites for hydroxylation is 1. The summed E-state index contributed by atoms with van der Waals surface area (Å²) in [6.45, 7) is 3.72. The molecule has 1 N–H and O–H groups in total. The van der Waals surface area contributed by atoms with Gasteiger partial charge in [-0.05, 0) is 49.4 Å². The maximum atomic E-state index is 11.7. The Balaban J connectivity index is 2.55. The van der Waals surface area contributed by atoms with Crippen molar-refractivity contribution >= 4 is 11.9 Å². The highest BCUT2D eigenvalue weighted by Crippen LogP contribution is 2.49. The van der Waals surface area contributed by atoms with Crippen LogP contribution < -0.4 is 0 Å². The molecule has 1 saturated carbocycles. The van der Waals surface area contributed by atoms with Crippen LogP contribution in [0.5, 0.6) is 0 Å². The van der Waals surface area contributed by atoms with Crippen LogP contribution in [0.25, 0.3) is 0 Å². The minimum atomic E-state index is -0.818. The van der Waals surface area contributed by atoms with Gasteiger partial charge in [0, 0.05) is 0 Å². The number of carboxylic acid groups (broad SMARTS) is 1. The van der Waals surface area contributed by atoms with Gasteiger partial charge in [0.05, 0.1) is 18.1 Å². The summed E-state index contributed by atoms with van der Waals surface area (Å²) >= 11 is 0. The summed E-state index contributed by atoms with van der Waals surface area (Å²) in [5, 5.41) is 9.29. The van der Waals surface area contributed by atoms with Crippen molar-refractivity contribution in [3.63, 3.8) is 0 Å². The van der Waals surface area contributed by atoms with Crippen molar-refractivity contribution in [2.24, 2.45) is 0 Å². The normalized spacial score (nSPS) is 16.2. The van der Waals surface area contributed by atoms with Gasteiger partial charge in [-0.15, -0.1) is 0 Å². The van der Waals surface area contributed by atoms with E-state index < -0.39 is 17.4 Å². The number of hydrogen-bond donors (Lipinski definition) is 1. The average molecular weight is 248 g/mol. The molecule has 0 aromatic heterocycles. The van der Waals surface area contributed by atoms with Crippen LogP contribution in [-0.2, 0) is 14.9 Å². The van der Waals surface area contributed by atoms with Crippen molar-refractivity contribution in [2.75, 3.05) is 7.11 Å². The molecule has 0 heterocycles. The van der Waals surface area contributed by atoms with E-state index in [0.29, 0.717) is 24.0 Å². The standard InChI is InChI=1S/C14H16O4/c1-8-6-10(14(4-5-14)13(16)17)7-11(9(8)2)12(15)18-3/h6-7H,4-5H2,1-3H3,(H,16,17). The quantitative estimate of drug-likeness (QED) is 0.833. The van der Waals surface area contributed by atoms with Crippen LogP contribution in [0, 0.1) is 13.8 Å². The molecular formula is C14H16O4. The van der Waals surface area contributed by atoms with Gasteiger partial charge in [-0.3, -0.25) is 4.79 Å². The first kappa shape index (κ1) is 12.6. The van der Waals surface area contributed by atoms with Crippen molar-refractivity contribution < 1.29 is 19.4 Å².